The fourth-order valence-corrected chi connectivity index (χ4v) is 1.94. The average Bonchev–Trinajstić information content (AvgIpc) is 2.73. The Morgan fingerprint density at radius 2 is 2.40 bits per heavy atom. The summed E-state index contributed by atoms with van der Waals surface area (Å²) in [5, 5.41) is 16.2. The molecule has 1 aliphatic heterocycles. The van der Waals surface area contributed by atoms with E-state index in [2.05, 4.69) is 10.6 Å². The number of aromatic hydroxyl groups is 1. The summed E-state index contributed by atoms with van der Waals surface area (Å²) in [6, 6.07) is 6.22. The molecule has 3 nitrogen and oxygen atoms in total. The highest BCUT2D eigenvalue weighted by Crippen LogP contribution is 2.20. The Bertz CT molecular complexity index is 332. The Morgan fingerprint density at radius 3 is 3.07 bits per heavy atom. The lowest BCUT2D eigenvalue weighted by molar-refractivity contribution is 0.471. The van der Waals surface area contributed by atoms with Gasteiger partial charge in [-0.3, -0.25) is 0 Å². The van der Waals surface area contributed by atoms with Gasteiger partial charge in [-0.1, -0.05) is 0 Å². The SMILES string of the molecule is Cc1cc(NCC2CCCN2)ccc1O. The molecular formula is C12H18N2O. The summed E-state index contributed by atoms with van der Waals surface area (Å²) in [5.41, 5.74) is 2.00. The van der Waals surface area contributed by atoms with Gasteiger partial charge in [0.05, 0.1) is 0 Å². The Morgan fingerprint density at radius 1 is 1.53 bits per heavy atom. The average molecular weight is 206 g/mol. The van der Waals surface area contributed by atoms with Crippen molar-refractivity contribution in [3.8, 4) is 5.75 Å². The zero-order chi connectivity index (χ0) is 10.7. The molecule has 1 unspecified atom stereocenters. The predicted octanol–water partition coefficient (Wildman–Crippen LogP) is 1.86. The molecule has 1 fully saturated rings. The third kappa shape index (κ3) is 2.63. The summed E-state index contributed by atoms with van der Waals surface area (Å²) >= 11 is 0. The van der Waals surface area contributed by atoms with Crippen LogP contribution in [0.5, 0.6) is 5.75 Å². The quantitative estimate of drug-likeness (QED) is 0.661. The number of nitrogens with one attached hydrogen (secondary N) is 2. The molecular weight excluding hydrogens is 188 g/mol. The van der Waals surface area contributed by atoms with Gasteiger partial charge in [0.2, 0.25) is 0 Å². The molecule has 0 saturated carbocycles. The van der Waals surface area contributed by atoms with Crippen molar-refractivity contribution in [2.45, 2.75) is 25.8 Å². The molecule has 2 rings (SSSR count). The smallest absolute Gasteiger partial charge is 0.118 e. The Balaban J connectivity index is 1.90. The molecule has 15 heavy (non-hydrogen) atoms. The van der Waals surface area contributed by atoms with Crippen molar-refractivity contribution >= 4 is 5.69 Å². The van der Waals surface area contributed by atoms with Crippen LogP contribution in [0.1, 0.15) is 18.4 Å². The highest BCUT2D eigenvalue weighted by molar-refractivity contribution is 5.50. The molecule has 1 aromatic rings. The van der Waals surface area contributed by atoms with Crippen LogP contribution in [0.3, 0.4) is 0 Å². The lowest BCUT2D eigenvalue weighted by Gasteiger charge is -2.13. The molecule has 0 aliphatic carbocycles. The van der Waals surface area contributed by atoms with Crippen LogP contribution in [-0.2, 0) is 0 Å². The number of hydrogen-bond donors (Lipinski definition) is 3. The van der Waals surface area contributed by atoms with E-state index in [0.717, 1.165) is 24.3 Å². The van der Waals surface area contributed by atoms with E-state index in [1.165, 1.54) is 12.8 Å². The zero-order valence-electron chi connectivity index (χ0n) is 9.09. The number of phenolic OH excluding ortho intramolecular Hbond substituents is 1. The Kier molecular flexibility index (Phi) is 3.11. The first kappa shape index (κ1) is 10.3. The number of rotatable bonds is 3. The third-order valence-electron chi connectivity index (χ3n) is 2.91. The van der Waals surface area contributed by atoms with Crippen molar-refractivity contribution < 1.29 is 5.11 Å². The molecule has 0 aromatic heterocycles. The largest absolute Gasteiger partial charge is 0.508 e. The van der Waals surface area contributed by atoms with Crippen LogP contribution in [0.2, 0.25) is 0 Å². The maximum atomic E-state index is 9.38. The van der Waals surface area contributed by atoms with Crippen molar-refractivity contribution in [1.82, 2.24) is 5.32 Å². The molecule has 1 aromatic carbocycles. The van der Waals surface area contributed by atoms with Gasteiger partial charge < -0.3 is 15.7 Å². The van der Waals surface area contributed by atoms with Crippen LogP contribution in [-0.4, -0.2) is 24.2 Å². The maximum Gasteiger partial charge on any atom is 0.118 e. The molecule has 3 N–H and O–H groups in total. The predicted molar refractivity (Wildman–Crippen MR) is 62.4 cm³/mol. The van der Waals surface area contributed by atoms with Gasteiger partial charge in [-0.15, -0.1) is 0 Å². The minimum absolute atomic E-state index is 0.361. The van der Waals surface area contributed by atoms with Crippen molar-refractivity contribution in [1.29, 1.82) is 0 Å². The van der Waals surface area contributed by atoms with Crippen LogP contribution in [0.15, 0.2) is 18.2 Å². The van der Waals surface area contributed by atoms with Gasteiger partial charge in [-0.05, 0) is 50.1 Å². The van der Waals surface area contributed by atoms with E-state index in [4.69, 9.17) is 0 Å². The maximum absolute atomic E-state index is 9.38. The Hall–Kier alpha value is -1.22. The lowest BCUT2D eigenvalue weighted by atomic mass is 10.2. The second kappa shape index (κ2) is 4.53. The summed E-state index contributed by atoms with van der Waals surface area (Å²) in [6.45, 7) is 4.01. The minimum Gasteiger partial charge on any atom is -0.508 e. The molecule has 1 saturated heterocycles. The first-order valence-electron chi connectivity index (χ1n) is 5.52. The molecule has 82 valence electrons. The molecule has 0 amide bonds. The van der Waals surface area contributed by atoms with Gasteiger partial charge >= 0.3 is 0 Å². The molecule has 3 heteroatoms. The molecule has 0 radical (unpaired) electrons. The highest BCUT2D eigenvalue weighted by atomic mass is 16.3. The number of hydrogen-bond acceptors (Lipinski definition) is 3. The van der Waals surface area contributed by atoms with Gasteiger partial charge in [-0.25, -0.2) is 0 Å². The van der Waals surface area contributed by atoms with E-state index < -0.39 is 0 Å². The second-order valence-corrected chi connectivity index (χ2v) is 4.18. The van der Waals surface area contributed by atoms with E-state index in [1.54, 1.807) is 6.07 Å². The van der Waals surface area contributed by atoms with Gasteiger partial charge in [0.15, 0.2) is 0 Å². The van der Waals surface area contributed by atoms with Crippen molar-refractivity contribution in [2.75, 3.05) is 18.4 Å². The van der Waals surface area contributed by atoms with Crippen molar-refractivity contribution in [2.24, 2.45) is 0 Å². The van der Waals surface area contributed by atoms with Gasteiger partial charge in [0, 0.05) is 18.3 Å². The van der Waals surface area contributed by atoms with Crippen LogP contribution in [0.4, 0.5) is 5.69 Å². The lowest BCUT2D eigenvalue weighted by Crippen LogP contribution is -2.29. The highest BCUT2D eigenvalue weighted by Gasteiger charge is 2.13. The van der Waals surface area contributed by atoms with Crippen LogP contribution in [0.25, 0.3) is 0 Å². The van der Waals surface area contributed by atoms with Crippen molar-refractivity contribution in [3.63, 3.8) is 0 Å². The monoisotopic (exact) mass is 206 g/mol. The zero-order valence-corrected chi connectivity index (χ0v) is 9.09. The number of anilines is 1. The van der Waals surface area contributed by atoms with E-state index in [-0.39, 0.29) is 0 Å². The summed E-state index contributed by atoms with van der Waals surface area (Å²) in [5.74, 6) is 0.361. The molecule has 1 atom stereocenters. The molecule has 1 aliphatic rings. The topological polar surface area (TPSA) is 44.3 Å². The van der Waals surface area contributed by atoms with E-state index >= 15 is 0 Å². The van der Waals surface area contributed by atoms with Gasteiger partial charge in [0.25, 0.3) is 0 Å². The molecule has 0 bridgehead atoms. The minimum atomic E-state index is 0.361. The van der Waals surface area contributed by atoms with Crippen LogP contribution >= 0.6 is 0 Å². The van der Waals surface area contributed by atoms with E-state index in [0.29, 0.717) is 11.8 Å². The van der Waals surface area contributed by atoms with Crippen molar-refractivity contribution in [3.05, 3.63) is 23.8 Å². The summed E-state index contributed by atoms with van der Waals surface area (Å²) in [7, 11) is 0. The van der Waals surface area contributed by atoms with E-state index in [1.807, 2.05) is 19.1 Å². The fraction of sp³-hybridized carbons (Fsp3) is 0.500. The number of benzene rings is 1. The number of phenols is 1. The third-order valence-corrected chi connectivity index (χ3v) is 2.91. The summed E-state index contributed by atoms with van der Waals surface area (Å²) < 4.78 is 0. The molecule has 0 spiro atoms. The first-order valence-corrected chi connectivity index (χ1v) is 5.52. The van der Waals surface area contributed by atoms with Gasteiger partial charge in [0.1, 0.15) is 5.75 Å². The van der Waals surface area contributed by atoms with Crippen LogP contribution in [0, 0.1) is 6.92 Å². The second-order valence-electron chi connectivity index (χ2n) is 4.18. The molecule has 1 heterocycles. The summed E-state index contributed by atoms with van der Waals surface area (Å²) in [6.07, 6.45) is 2.53. The Labute approximate surface area is 90.5 Å². The normalized spacial score (nSPS) is 20.5. The fourth-order valence-electron chi connectivity index (χ4n) is 1.94. The first-order chi connectivity index (χ1) is 7.25. The van der Waals surface area contributed by atoms with Gasteiger partial charge in [-0.2, -0.15) is 0 Å². The standard InChI is InChI=1S/C12H18N2O/c1-9-7-10(4-5-12(9)15)14-8-11-3-2-6-13-11/h4-5,7,11,13-15H,2-3,6,8H2,1H3. The summed E-state index contributed by atoms with van der Waals surface area (Å²) in [4.78, 5) is 0. The van der Waals surface area contributed by atoms with E-state index in [9.17, 15) is 5.11 Å². The number of aryl methyl sites for hydroxylation is 1. The van der Waals surface area contributed by atoms with Crippen LogP contribution < -0.4 is 10.6 Å².